The largest absolute Gasteiger partial charge is 0.494 e. The van der Waals surface area contributed by atoms with E-state index in [1.165, 1.54) is 11.3 Å². The summed E-state index contributed by atoms with van der Waals surface area (Å²) in [6, 6.07) is 7.31. The quantitative estimate of drug-likeness (QED) is 0.443. The Labute approximate surface area is 189 Å². The fraction of sp³-hybridized carbons (Fsp3) is 0.348. The minimum absolute atomic E-state index is 0.191. The lowest BCUT2D eigenvalue weighted by molar-refractivity contribution is -0.137. The zero-order chi connectivity index (χ0) is 22.7. The average Bonchev–Trinajstić information content (AvgIpc) is 3.32. The number of carbonyl (C=O) groups excluding carboxylic acids is 1. The number of aromatic nitrogens is 2. The number of nitrogens with zero attached hydrogens (tertiary/aromatic N) is 2. The molecule has 0 spiro atoms. The molecule has 1 aliphatic carbocycles. The van der Waals surface area contributed by atoms with Crippen LogP contribution in [0.2, 0.25) is 0 Å². The van der Waals surface area contributed by atoms with Crippen molar-refractivity contribution in [3.8, 4) is 27.8 Å². The van der Waals surface area contributed by atoms with Gasteiger partial charge < -0.3 is 20.3 Å². The van der Waals surface area contributed by atoms with Gasteiger partial charge >= 0.3 is 5.97 Å². The van der Waals surface area contributed by atoms with Crippen LogP contribution in [-0.4, -0.2) is 33.4 Å². The summed E-state index contributed by atoms with van der Waals surface area (Å²) in [5, 5.41) is 13.7. The molecule has 168 valence electrons. The molecule has 0 radical (unpaired) electrons. The molecule has 9 heteroatoms. The number of hydrogen-bond acceptors (Lipinski definition) is 6. The maximum Gasteiger partial charge on any atom is 0.303 e. The van der Waals surface area contributed by atoms with Crippen LogP contribution in [0.5, 0.6) is 16.6 Å². The maximum absolute atomic E-state index is 12.0. The lowest BCUT2D eigenvalue weighted by Gasteiger charge is -2.16. The van der Waals surface area contributed by atoms with Crippen LogP contribution in [0.4, 0.5) is 0 Å². The summed E-state index contributed by atoms with van der Waals surface area (Å²) in [4.78, 5) is 23.1. The molecule has 0 atom stereocenters. The molecule has 1 amide bonds. The first-order valence-electron chi connectivity index (χ1n) is 10.5. The van der Waals surface area contributed by atoms with Gasteiger partial charge in [0.1, 0.15) is 11.5 Å². The molecule has 8 nitrogen and oxygen atoms in total. The first kappa shape index (κ1) is 21.9. The second-order valence-corrected chi connectivity index (χ2v) is 8.69. The predicted molar refractivity (Wildman–Crippen MR) is 121 cm³/mol. The zero-order valence-electron chi connectivity index (χ0n) is 17.8. The number of rotatable bonds is 10. The Morgan fingerprint density at radius 3 is 2.62 bits per heavy atom. The predicted octanol–water partition coefficient (Wildman–Crippen LogP) is 4.16. The molecule has 0 saturated heterocycles. The van der Waals surface area contributed by atoms with Gasteiger partial charge in [0.2, 0.25) is 0 Å². The highest BCUT2D eigenvalue weighted by Gasteiger charge is 2.30. The smallest absolute Gasteiger partial charge is 0.303 e. The van der Waals surface area contributed by atoms with Gasteiger partial charge in [0.05, 0.1) is 28.9 Å². The highest BCUT2D eigenvalue weighted by atomic mass is 32.1. The number of aryl methyl sites for hydroxylation is 2. The molecular weight excluding hydrogens is 430 g/mol. The van der Waals surface area contributed by atoms with E-state index in [1.807, 2.05) is 42.2 Å². The fourth-order valence-corrected chi connectivity index (χ4v) is 4.97. The van der Waals surface area contributed by atoms with Gasteiger partial charge in [0, 0.05) is 13.5 Å². The topological polar surface area (TPSA) is 117 Å². The Hall–Kier alpha value is -3.33. The Balaban J connectivity index is 1.45. The number of nitrogens with two attached hydrogens (primary N) is 1. The summed E-state index contributed by atoms with van der Waals surface area (Å²) >= 11 is 1.27. The molecule has 2 aromatic heterocycles. The van der Waals surface area contributed by atoms with Crippen molar-refractivity contribution in [3.05, 3.63) is 46.5 Å². The number of fused-ring (bicyclic) bond motifs is 3. The molecule has 0 aliphatic heterocycles. The molecule has 0 unspecified atom stereocenters. The van der Waals surface area contributed by atoms with E-state index in [2.05, 4.69) is 5.10 Å². The number of carboxylic acids is 1. The van der Waals surface area contributed by atoms with E-state index >= 15 is 0 Å². The lowest BCUT2D eigenvalue weighted by Crippen LogP contribution is -2.13. The number of unbranched alkanes of at least 4 members (excludes halogenated alkanes) is 2. The summed E-state index contributed by atoms with van der Waals surface area (Å²) in [6.07, 6.45) is 5.86. The highest BCUT2D eigenvalue weighted by molar-refractivity contribution is 7.16. The molecule has 3 aromatic rings. The number of primary amides is 1. The Bertz CT molecular complexity index is 1130. The number of benzene rings is 1. The molecule has 1 aliphatic rings. The molecule has 32 heavy (non-hydrogen) atoms. The summed E-state index contributed by atoms with van der Waals surface area (Å²) in [5.41, 5.74) is 9.56. The van der Waals surface area contributed by atoms with Gasteiger partial charge in [0.25, 0.3) is 5.91 Å². The Morgan fingerprint density at radius 2 is 1.91 bits per heavy atom. The first-order valence-corrected chi connectivity index (χ1v) is 11.3. The van der Waals surface area contributed by atoms with Crippen LogP contribution in [0.25, 0.3) is 11.3 Å². The van der Waals surface area contributed by atoms with Crippen LogP contribution in [0.15, 0.2) is 30.5 Å². The van der Waals surface area contributed by atoms with Crippen molar-refractivity contribution < 1.29 is 24.2 Å². The maximum atomic E-state index is 12.0. The van der Waals surface area contributed by atoms with Crippen LogP contribution < -0.4 is 15.2 Å². The summed E-state index contributed by atoms with van der Waals surface area (Å²) < 4.78 is 13.7. The van der Waals surface area contributed by atoms with Crippen molar-refractivity contribution in [2.75, 3.05) is 6.61 Å². The molecule has 2 heterocycles. The van der Waals surface area contributed by atoms with E-state index in [4.69, 9.17) is 20.3 Å². The fourth-order valence-electron chi connectivity index (χ4n) is 3.90. The second kappa shape index (κ2) is 9.44. The third kappa shape index (κ3) is 4.62. The van der Waals surface area contributed by atoms with Crippen molar-refractivity contribution in [1.29, 1.82) is 0 Å². The van der Waals surface area contributed by atoms with Gasteiger partial charge in [0.15, 0.2) is 5.06 Å². The number of hydrogen-bond donors (Lipinski definition) is 2. The zero-order valence-corrected chi connectivity index (χ0v) is 18.6. The van der Waals surface area contributed by atoms with E-state index in [9.17, 15) is 9.59 Å². The SMILES string of the molecule is Cn1ncc2c1-c1c(Oc3ccc(OCCCCCC(=O)O)cc3)sc(C(N)=O)c1CC2. The van der Waals surface area contributed by atoms with E-state index in [1.54, 1.807) is 0 Å². The van der Waals surface area contributed by atoms with Gasteiger partial charge in [-0.05, 0) is 67.5 Å². The lowest BCUT2D eigenvalue weighted by atomic mass is 9.91. The summed E-state index contributed by atoms with van der Waals surface area (Å²) in [7, 11) is 1.88. The standard InChI is InChI=1S/C23H25N3O5S/c1-26-20-14(13-25-26)6-11-17-19(20)23(32-21(17)22(24)29)31-16-9-7-15(8-10-16)30-12-4-2-3-5-18(27)28/h7-10,13H,2-6,11-12H2,1H3,(H2,24,29)(H,27,28). The summed E-state index contributed by atoms with van der Waals surface area (Å²) in [5.74, 6) is 0.138. The van der Waals surface area contributed by atoms with Crippen molar-refractivity contribution >= 4 is 23.2 Å². The van der Waals surface area contributed by atoms with Crippen LogP contribution >= 0.6 is 11.3 Å². The van der Waals surface area contributed by atoms with Gasteiger partial charge in [-0.15, -0.1) is 0 Å². The minimum atomic E-state index is -0.768. The van der Waals surface area contributed by atoms with Gasteiger partial charge in [-0.25, -0.2) is 0 Å². The summed E-state index contributed by atoms with van der Waals surface area (Å²) in [6.45, 7) is 0.531. The highest BCUT2D eigenvalue weighted by Crippen LogP contribution is 2.48. The monoisotopic (exact) mass is 455 g/mol. The molecule has 0 fully saturated rings. The number of carbonyl (C=O) groups is 2. The van der Waals surface area contributed by atoms with E-state index in [0.717, 1.165) is 53.8 Å². The van der Waals surface area contributed by atoms with Crippen LogP contribution in [-0.2, 0) is 24.7 Å². The van der Waals surface area contributed by atoms with Crippen molar-refractivity contribution in [1.82, 2.24) is 9.78 Å². The van der Waals surface area contributed by atoms with Gasteiger partial charge in [-0.3, -0.25) is 14.3 Å². The molecular formula is C23H25N3O5S. The second-order valence-electron chi connectivity index (χ2n) is 7.70. The van der Waals surface area contributed by atoms with Crippen molar-refractivity contribution in [3.63, 3.8) is 0 Å². The van der Waals surface area contributed by atoms with Crippen LogP contribution in [0, 0.1) is 0 Å². The van der Waals surface area contributed by atoms with E-state index in [-0.39, 0.29) is 6.42 Å². The van der Waals surface area contributed by atoms with Crippen LogP contribution in [0.3, 0.4) is 0 Å². The normalized spacial score (nSPS) is 12.2. The van der Waals surface area contributed by atoms with E-state index < -0.39 is 11.9 Å². The number of amides is 1. The number of thiophene rings is 1. The number of carboxylic acid groups (broad SMARTS) is 1. The van der Waals surface area contributed by atoms with Gasteiger partial charge in [-0.2, -0.15) is 5.10 Å². The minimum Gasteiger partial charge on any atom is -0.494 e. The van der Waals surface area contributed by atoms with Gasteiger partial charge in [-0.1, -0.05) is 11.3 Å². The molecule has 3 N–H and O–H groups in total. The molecule has 1 aromatic carbocycles. The third-order valence-electron chi connectivity index (χ3n) is 5.43. The molecule has 4 rings (SSSR count). The third-order valence-corrected chi connectivity index (χ3v) is 6.56. The number of aliphatic carboxylic acids is 1. The average molecular weight is 456 g/mol. The Morgan fingerprint density at radius 1 is 1.16 bits per heavy atom. The van der Waals surface area contributed by atoms with Crippen molar-refractivity contribution in [2.45, 2.75) is 38.5 Å². The first-order chi connectivity index (χ1) is 15.4. The number of ether oxygens (including phenoxy) is 2. The van der Waals surface area contributed by atoms with Crippen molar-refractivity contribution in [2.24, 2.45) is 12.8 Å². The van der Waals surface area contributed by atoms with E-state index in [0.29, 0.717) is 28.7 Å². The van der Waals surface area contributed by atoms with Crippen LogP contribution in [0.1, 0.15) is 46.5 Å². The molecule has 0 bridgehead atoms. The Kier molecular flexibility index (Phi) is 6.45. The molecule has 0 saturated carbocycles.